The summed E-state index contributed by atoms with van der Waals surface area (Å²) < 4.78 is 0. The Kier molecular flexibility index (Phi) is 17.0. The molecule has 0 amide bonds. The van der Waals surface area contributed by atoms with Gasteiger partial charge in [0.1, 0.15) is 0 Å². The molecule has 0 unspecified atom stereocenters. The van der Waals surface area contributed by atoms with Gasteiger partial charge in [0.05, 0.1) is 0 Å². The quantitative estimate of drug-likeness (QED) is 0.316. The Balaban J connectivity index is -0.000000735. The molecule has 1 N–H and O–H groups in total. The number of hydrogen-bond donors (Lipinski definition) is 1. The average Bonchev–Trinajstić information content (AvgIpc) is 2.37. The van der Waals surface area contributed by atoms with Gasteiger partial charge in [0.25, 0.3) is 0 Å². The Morgan fingerprint density at radius 3 is 1.78 bits per heavy atom. The second-order valence-electron chi connectivity index (χ2n) is 7.69. The first-order valence-electron chi connectivity index (χ1n) is 9.21. The van der Waals surface area contributed by atoms with Crippen molar-refractivity contribution in [3.63, 3.8) is 0 Å². The van der Waals surface area contributed by atoms with E-state index in [1.165, 1.54) is 51.0 Å². The van der Waals surface area contributed by atoms with Gasteiger partial charge in [-0.25, -0.2) is 4.79 Å². The fourth-order valence-electron chi connectivity index (χ4n) is 2.99. The second-order valence-corrected chi connectivity index (χ2v) is 7.69. The van der Waals surface area contributed by atoms with Crippen LogP contribution in [0.5, 0.6) is 0 Å². The van der Waals surface area contributed by atoms with Crippen LogP contribution in [0.1, 0.15) is 95.3 Å². The summed E-state index contributed by atoms with van der Waals surface area (Å²) in [6.45, 7) is 11.3. The molecule has 0 aromatic rings. The molecule has 0 saturated heterocycles. The van der Waals surface area contributed by atoms with Crippen molar-refractivity contribution in [2.75, 3.05) is 0 Å². The van der Waals surface area contributed by atoms with E-state index in [4.69, 9.17) is 5.11 Å². The Morgan fingerprint density at radius 2 is 1.35 bits per heavy atom. The maximum atomic E-state index is 10.5. The third kappa shape index (κ3) is 18.2. The Labute approximate surface area is 163 Å². The second kappa shape index (κ2) is 15.5. The van der Waals surface area contributed by atoms with Crippen LogP contribution >= 0.6 is 0 Å². The van der Waals surface area contributed by atoms with Gasteiger partial charge < -0.3 is 7.96 Å². The topological polar surface area (TPSA) is 37.3 Å². The molecule has 0 aromatic heterocycles. The van der Waals surface area contributed by atoms with Crippen LogP contribution in [0.2, 0.25) is 0 Å². The summed E-state index contributed by atoms with van der Waals surface area (Å²) in [5.41, 5.74) is 0.985. The van der Waals surface area contributed by atoms with E-state index < -0.39 is 5.97 Å². The zero-order valence-electron chi connectivity index (χ0n) is 18.2. The van der Waals surface area contributed by atoms with Crippen LogP contribution < -0.4 is 0 Å². The minimum absolute atomic E-state index is 0. The summed E-state index contributed by atoms with van der Waals surface area (Å²) in [5, 5.41) is 8.68. The number of hydrogen-bond acceptors (Lipinski definition) is 1. The first kappa shape index (κ1) is 25.2. The van der Waals surface area contributed by atoms with Crippen LogP contribution in [0, 0.1) is 17.8 Å². The molecule has 0 aromatic carbocycles. The Morgan fingerprint density at radius 1 is 0.913 bits per heavy atom. The number of allylic oxidation sites excluding steroid dienone is 1. The van der Waals surface area contributed by atoms with Crippen LogP contribution in [0.4, 0.5) is 0 Å². The van der Waals surface area contributed by atoms with E-state index in [0.29, 0.717) is 0 Å². The molecule has 2 nitrogen and oxygen atoms in total. The van der Waals surface area contributed by atoms with Crippen molar-refractivity contribution in [1.29, 1.82) is 0 Å². The average molecular weight is 337 g/mol. The van der Waals surface area contributed by atoms with E-state index in [0.717, 1.165) is 36.2 Å². The molecule has 0 heterocycles. The maximum absolute atomic E-state index is 10.5. The summed E-state index contributed by atoms with van der Waals surface area (Å²) in [6, 6.07) is 0. The van der Waals surface area contributed by atoms with Gasteiger partial charge in [-0.15, -0.1) is 0 Å². The Bertz CT molecular complexity index is 334. The molecular weight excluding hydrogens is 297 g/mol. The zero-order chi connectivity index (χ0) is 17.0. The predicted molar refractivity (Wildman–Crippen MR) is 104 cm³/mol. The molecule has 0 saturated carbocycles. The largest absolute Gasteiger partial charge is 2.00 e. The van der Waals surface area contributed by atoms with Crippen LogP contribution in [0.3, 0.4) is 0 Å². The minimum atomic E-state index is -0.822. The van der Waals surface area contributed by atoms with Crippen molar-refractivity contribution in [2.24, 2.45) is 17.8 Å². The van der Waals surface area contributed by atoms with Crippen molar-refractivity contribution in [2.45, 2.75) is 92.4 Å². The summed E-state index contributed by atoms with van der Waals surface area (Å²) in [7, 11) is 0. The molecule has 0 bridgehead atoms. The molecule has 0 fully saturated rings. The van der Waals surface area contributed by atoms with E-state index in [1.54, 1.807) is 0 Å². The number of rotatable bonds is 13. The fraction of sp³-hybridized carbons (Fsp3) is 0.850. The minimum Gasteiger partial charge on any atom is -1.00 e. The van der Waals surface area contributed by atoms with Gasteiger partial charge >= 0.3 is 29.0 Å². The van der Waals surface area contributed by atoms with E-state index in [2.05, 4.69) is 27.7 Å². The van der Waals surface area contributed by atoms with E-state index in [1.807, 2.05) is 6.92 Å². The maximum Gasteiger partial charge on any atom is 2.00 e. The first-order chi connectivity index (χ1) is 10.3. The van der Waals surface area contributed by atoms with E-state index in [9.17, 15) is 4.79 Å². The standard InChI is InChI=1S/C20H38O2.Mg.2H/c1-16(2)9-6-10-17(3)11-7-12-18(4)13-8-14-19(5)15-20(21)22;;;/h15-18H,6-14H2,1-5H3,(H,21,22);;;/q;+2;2*-1/b19-15+;;;/t17-,18-;;;/m1.../s1. The molecule has 134 valence electrons. The van der Waals surface area contributed by atoms with Gasteiger partial charge in [0.15, 0.2) is 0 Å². The molecule has 0 aliphatic rings. The third-order valence-electron chi connectivity index (χ3n) is 4.51. The summed E-state index contributed by atoms with van der Waals surface area (Å²) in [4.78, 5) is 10.5. The van der Waals surface area contributed by atoms with Crippen LogP contribution in [-0.2, 0) is 4.79 Å². The molecule has 0 radical (unpaired) electrons. The van der Waals surface area contributed by atoms with E-state index >= 15 is 0 Å². The summed E-state index contributed by atoms with van der Waals surface area (Å²) >= 11 is 0. The van der Waals surface area contributed by atoms with Gasteiger partial charge in [-0.3, -0.25) is 0 Å². The van der Waals surface area contributed by atoms with Gasteiger partial charge in [0.2, 0.25) is 0 Å². The Hall–Kier alpha value is -0.0238. The van der Waals surface area contributed by atoms with Crippen LogP contribution in [0.25, 0.3) is 0 Å². The van der Waals surface area contributed by atoms with Gasteiger partial charge in [-0.2, -0.15) is 0 Å². The number of aliphatic carboxylic acids is 1. The molecule has 23 heavy (non-hydrogen) atoms. The molecule has 0 rings (SSSR count). The molecule has 0 aliphatic carbocycles. The first-order valence-corrected chi connectivity index (χ1v) is 9.21. The molecule has 0 aliphatic heterocycles. The van der Waals surface area contributed by atoms with Gasteiger partial charge in [-0.1, -0.05) is 78.2 Å². The molecule has 3 heteroatoms. The normalized spacial score (nSPS) is 14.4. The number of carboxylic acids is 1. The zero-order valence-corrected chi connectivity index (χ0v) is 17.7. The van der Waals surface area contributed by atoms with Gasteiger partial charge in [0, 0.05) is 6.08 Å². The smallest absolute Gasteiger partial charge is 1.00 e. The third-order valence-corrected chi connectivity index (χ3v) is 4.51. The van der Waals surface area contributed by atoms with Crippen LogP contribution in [0.15, 0.2) is 11.6 Å². The van der Waals surface area contributed by atoms with Crippen molar-refractivity contribution in [3.05, 3.63) is 11.6 Å². The SMILES string of the molecule is C/C(=C\C(=O)O)CCC[C@H](C)CCC[C@H](C)CCCC(C)C.[H-].[H-].[Mg+2]. The fourth-order valence-corrected chi connectivity index (χ4v) is 2.99. The van der Waals surface area contributed by atoms with Crippen LogP contribution in [-0.4, -0.2) is 34.1 Å². The molecule has 0 spiro atoms. The number of carboxylic acid groups (broad SMARTS) is 1. The summed E-state index contributed by atoms with van der Waals surface area (Å²) in [6.07, 6.45) is 12.7. The predicted octanol–water partition coefficient (Wildman–Crippen LogP) is 6.30. The van der Waals surface area contributed by atoms with Crippen molar-refractivity contribution in [1.82, 2.24) is 0 Å². The van der Waals surface area contributed by atoms with Crippen molar-refractivity contribution < 1.29 is 12.8 Å². The van der Waals surface area contributed by atoms with E-state index in [-0.39, 0.29) is 25.9 Å². The number of carbonyl (C=O) groups is 1. The van der Waals surface area contributed by atoms with Crippen molar-refractivity contribution in [3.8, 4) is 0 Å². The molecular formula is C20H40MgO2. The van der Waals surface area contributed by atoms with Gasteiger partial charge in [-0.05, 0) is 37.5 Å². The summed E-state index contributed by atoms with van der Waals surface area (Å²) in [5.74, 6) is 1.65. The monoisotopic (exact) mass is 336 g/mol. The van der Waals surface area contributed by atoms with Crippen molar-refractivity contribution >= 4 is 29.0 Å². The molecule has 2 atom stereocenters.